The molecule has 1 aromatic rings. The molecular weight excluding hydrogens is 188 g/mol. The van der Waals surface area contributed by atoms with E-state index in [2.05, 4.69) is 12.1 Å². The third-order valence-electron chi connectivity index (χ3n) is 2.34. The molecule has 0 aliphatic rings. The summed E-state index contributed by atoms with van der Waals surface area (Å²) in [7, 11) is 0. The lowest BCUT2D eigenvalue weighted by molar-refractivity contribution is 0.138. The Balaban J connectivity index is 2.28. The van der Waals surface area contributed by atoms with Crippen LogP contribution in [0.2, 0.25) is 0 Å². The minimum atomic E-state index is 0.132. The minimum Gasteiger partial charge on any atom is -0.396 e. The highest BCUT2D eigenvalue weighted by Gasteiger charge is 2.08. The van der Waals surface area contributed by atoms with Crippen molar-refractivity contribution in [2.75, 3.05) is 19.8 Å². The van der Waals surface area contributed by atoms with Crippen molar-refractivity contribution in [3.8, 4) is 0 Å². The van der Waals surface area contributed by atoms with Gasteiger partial charge in [0, 0.05) is 12.5 Å². The zero-order chi connectivity index (χ0) is 10.9. The first-order valence-electron chi connectivity index (χ1n) is 5.43. The summed E-state index contributed by atoms with van der Waals surface area (Å²) in [6.45, 7) is 3.38. The van der Waals surface area contributed by atoms with Gasteiger partial charge in [-0.25, -0.2) is 0 Å². The molecule has 0 aliphatic carbocycles. The predicted molar refractivity (Wildman–Crippen MR) is 61.6 cm³/mol. The molecule has 1 radical (unpaired) electrons. The van der Waals surface area contributed by atoms with Crippen LogP contribution >= 0.6 is 0 Å². The summed E-state index contributed by atoms with van der Waals surface area (Å²) in [4.78, 5) is 0. The van der Waals surface area contributed by atoms with Gasteiger partial charge in [0.15, 0.2) is 0 Å². The van der Waals surface area contributed by atoms with Crippen LogP contribution in [-0.2, 0) is 11.2 Å². The molecule has 0 spiro atoms. The highest BCUT2D eigenvalue weighted by molar-refractivity contribution is 5.15. The zero-order valence-corrected chi connectivity index (χ0v) is 9.28. The van der Waals surface area contributed by atoms with Crippen molar-refractivity contribution in [1.29, 1.82) is 0 Å². The van der Waals surface area contributed by atoms with Crippen LogP contribution in [0.5, 0.6) is 0 Å². The van der Waals surface area contributed by atoms with E-state index < -0.39 is 0 Å². The number of rotatable bonds is 7. The van der Waals surface area contributed by atoms with Gasteiger partial charge in [0.05, 0.1) is 13.2 Å². The summed E-state index contributed by atoms with van der Waals surface area (Å²) in [5, 5.41) is 9.11. The maximum Gasteiger partial charge on any atom is 0.0551 e. The maximum absolute atomic E-state index is 9.11. The minimum absolute atomic E-state index is 0.132. The molecule has 0 unspecified atom stereocenters. The Kier molecular flexibility index (Phi) is 6.05. The Labute approximate surface area is 91.9 Å². The summed E-state index contributed by atoms with van der Waals surface area (Å²) in [6.07, 6.45) is 1.88. The quantitative estimate of drug-likeness (QED) is 0.743. The average molecular weight is 207 g/mol. The molecule has 83 valence electrons. The molecule has 0 aromatic heterocycles. The Morgan fingerprint density at radius 1 is 1.27 bits per heavy atom. The van der Waals surface area contributed by atoms with E-state index in [1.54, 1.807) is 0 Å². The number of hydrogen-bond donors (Lipinski definition) is 1. The van der Waals surface area contributed by atoms with Crippen molar-refractivity contribution >= 4 is 0 Å². The Hall–Kier alpha value is -0.860. The van der Waals surface area contributed by atoms with Gasteiger partial charge in [-0.3, -0.25) is 0 Å². The standard InChI is InChI=1S/C13H19O2/c1-2-15-11-13(10-14)9-8-12-6-4-3-5-7-12/h3-7,14H,2,8-11H2,1H3. The molecule has 1 rings (SSSR count). The van der Waals surface area contributed by atoms with Crippen LogP contribution in [0.4, 0.5) is 0 Å². The normalized spacial score (nSPS) is 10.9. The van der Waals surface area contributed by atoms with Gasteiger partial charge >= 0.3 is 0 Å². The average Bonchev–Trinajstić information content (AvgIpc) is 2.31. The smallest absolute Gasteiger partial charge is 0.0551 e. The van der Waals surface area contributed by atoms with Crippen molar-refractivity contribution in [2.24, 2.45) is 0 Å². The number of aliphatic hydroxyl groups excluding tert-OH is 1. The molecule has 15 heavy (non-hydrogen) atoms. The number of benzene rings is 1. The topological polar surface area (TPSA) is 29.5 Å². The number of hydrogen-bond acceptors (Lipinski definition) is 2. The van der Waals surface area contributed by atoms with Crippen molar-refractivity contribution in [2.45, 2.75) is 19.8 Å². The second-order valence-electron chi connectivity index (χ2n) is 3.53. The fourth-order valence-corrected chi connectivity index (χ4v) is 1.41. The maximum atomic E-state index is 9.11. The van der Waals surface area contributed by atoms with Crippen LogP contribution in [0.3, 0.4) is 0 Å². The molecule has 0 saturated carbocycles. The Bertz CT molecular complexity index is 246. The lowest BCUT2D eigenvalue weighted by Crippen LogP contribution is -2.12. The van der Waals surface area contributed by atoms with Crippen LogP contribution < -0.4 is 0 Å². The molecule has 0 fully saturated rings. The predicted octanol–water partition coefficient (Wildman–Crippen LogP) is 2.22. The number of ether oxygens (including phenoxy) is 1. The molecule has 1 aromatic carbocycles. The van der Waals surface area contributed by atoms with Gasteiger partial charge in [-0.2, -0.15) is 0 Å². The van der Waals surface area contributed by atoms with Gasteiger partial charge < -0.3 is 9.84 Å². The van der Waals surface area contributed by atoms with Crippen LogP contribution in [-0.4, -0.2) is 24.9 Å². The van der Waals surface area contributed by atoms with E-state index in [4.69, 9.17) is 9.84 Å². The lowest BCUT2D eigenvalue weighted by Gasteiger charge is -2.12. The third-order valence-corrected chi connectivity index (χ3v) is 2.34. The molecule has 2 nitrogen and oxygen atoms in total. The summed E-state index contributed by atoms with van der Waals surface area (Å²) < 4.78 is 5.28. The van der Waals surface area contributed by atoms with Crippen LogP contribution in [0.1, 0.15) is 18.9 Å². The summed E-state index contributed by atoms with van der Waals surface area (Å²) in [6, 6.07) is 10.3. The largest absolute Gasteiger partial charge is 0.396 e. The molecule has 1 N–H and O–H groups in total. The molecule has 2 heteroatoms. The first-order valence-corrected chi connectivity index (χ1v) is 5.43. The Morgan fingerprint density at radius 2 is 2.00 bits per heavy atom. The first kappa shape index (κ1) is 12.2. The second-order valence-corrected chi connectivity index (χ2v) is 3.53. The first-order chi connectivity index (χ1) is 7.36. The fraction of sp³-hybridized carbons (Fsp3) is 0.462. The van der Waals surface area contributed by atoms with E-state index in [9.17, 15) is 0 Å². The summed E-state index contributed by atoms with van der Waals surface area (Å²) in [5.41, 5.74) is 1.31. The third kappa shape index (κ3) is 4.96. The second kappa shape index (κ2) is 7.43. The molecule has 0 aliphatic heterocycles. The monoisotopic (exact) mass is 207 g/mol. The van der Waals surface area contributed by atoms with E-state index in [0.29, 0.717) is 13.2 Å². The molecule has 0 heterocycles. The SMILES string of the molecule is CCOC[C](CO)CCc1ccccc1. The molecule has 0 bridgehead atoms. The lowest BCUT2D eigenvalue weighted by atomic mass is 10.0. The van der Waals surface area contributed by atoms with Gasteiger partial charge in [-0.05, 0) is 25.3 Å². The van der Waals surface area contributed by atoms with Crippen LogP contribution in [0.15, 0.2) is 30.3 Å². The summed E-state index contributed by atoms with van der Waals surface area (Å²) in [5.74, 6) is 1.07. The van der Waals surface area contributed by atoms with Gasteiger partial charge in [-0.1, -0.05) is 30.3 Å². The van der Waals surface area contributed by atoms with E-state index in [1.807, 2.05) is 25.1 Å². The van der Waals surface area contributed by atoms with Crippen molar-refractivity contribution < 1.29 is 9.84 Å². The van der Waals surface area contributed by atoms with E-state index in [-0.39, 0.29) is 6.61 Å². The fourth-order valence-electron chi connectivity index (χ4n) is 1.41. The Morgan fingerprint density at radius 3 is 2.60 bits per heavy atom. The highest BCUT2D eigenvalue weighted by Crippen LogP contribution is 2.11. The van der Waals surface area contributed by atoms with E-state index >= 15 is 0 Å². The highest BCUT2D eigenvalue weighted by atomic mass is 16.5. The molecule has 0 atom stereocenters. The van der Waals surface area contributed by atoms with Gasteiger partial charge in [0.1, 0.15) is 0 Å². The van der Waals surface area contributed by atoms with Gasteiger partial charge in [0.25, 0.3) is 0 Å². The van der Waals surface area contributed by atoms with E-state index in [1.165, 1.54) is 5.56 Å². The summed E-state index contributed by atoms with van der Waals surface area (Å²) >= 11 is 0. The van der Waals surface area contributed by atoms with E-state index in [0.717, 1.165) is 18.8 Å². The van der Waals surface area contributed by atoms with Crippen molar-refractivity contribution in [1.82, 2.24) is 0 Å². The zero-order valence-electron chi connectivity index (χ0n) is 9.28. The van der Waals surface area contributed by atoms with Crippen molar-refractivity contribution in [3.63, 3.8) is 0 Å². The van der Waals surface area contributed by atoms with Crippen LogP contribution in [0, 0.1) is 5.92 Å². The van der Waals surface area contributed by atoms with Crippen LogP contribution in [0.25, 0.3) is 0 Å². The van der Waals surface area contributed by atoms with Gasteiger partial charge in [-0.15, -0.1) is 0 Å². The van der Waals surface area contributed by atoms with Crippen molar-refractivity contribution in [3.05, 3.63) is 41.8 Å². The number of aliphatic hydroxyl groups is 1. The van der Waals surface area contributed by atoms with Gasteiger partial charge in [0.2, 0.25) is 0 Å². The molecular formula is C13H19O2. The molecule has 0 saturated heterocycles. The number of aryl methyl sites for hydroxylation is 1. The molecule has 0 amide bonds.